The summed E-state index contributed by atoms with van der Waals surface area (Å²) >= 11 is 0. The summed E-state index contributed by atoms with van der Waals surface area (Å²) in [7, 11) is 0. The molecule has 1 unspecified atom stereocenters. The number of hydrogen-bond acceptors (Lipinski definition) is 4. The van der Waals surface area contributed by atoms with Gasteiger partial charge in [-0.05, 0) is 45.0 Å². The fraction of sp³-hybridized carbons (Fsp3) is 0.217. The normalized spacial score (nSPS) is 14.0. The maximum atomic E-state index is 12.8. The van der Waals surface area contributed by atoms with Gasteiger partial charge in [0.25, 0.3) is 11.8 Å². The highest BCUT2D eigenvalue weighted by atomic mass is 16.2. The Morgan fingerprint density at radius 1 is 0.967 bits per heavy atom. The molecule has 0 spiro atoms. The van der Waals surface area contributed by atoms with E-state index in [0.29, 0.717) is 11.1 Å². The molecule has 0 aliphatic carbocycles. The molecule has 7 heteroatoms. The Balaban J connectivity index is 1.49. The van der Waals surface area contributed by atoms with Crippen LogP contribution in [0.4, 0.5) is 0 Å². The maximum absolute atomic E-state index is 12.8. The molecule has 0 saturated heterocycles. The number of benzene rings is 2. The highest BCUT2D eigenvalue weighted by Crippen LogP contribution is 2.24. The molecule has 3 aromatic rings. The molecule has 1 aliphatic rings. The second-order valence-electron chi connectivity index (χ2n) is 7.32. The zero-order valence-electron chi connectivity index (χ0n) is 17.0. The lowest BCUT2D eigenvalue weighted by molar-refractivity contribution is -0.124. The van der Waals surface area contributed by atoms with Gasteiger partial charge in [0.05, 0.1) is 22.5 Å². The highest BCUT2D eigenvalue weighted by molar-refractivity contribution is 6.22. The summed E-state index contributed by atoms with van der Waals surface area (Å²) in [5.41, 5.74) is 4.24. The number of imide groups is 1. The number of nitrogens with zero attached hydrogens (tertiary/aromatic N) is 3. The van der Waals surface area contributed by atoms with Crippen LogP contribution in [0.25, 0.3) is 5.69 Å². The Bertz CT molecular complexity index is 1120. The number of amides is 3. The standard InChI is InChI=1S/C23H22N4O3/c1-14-20(15(2)27(25-14)17-9-5-4-6-10-17)13-24-21(28)16(3)26-22(29)18-11-7-8-12-19(18)23(26)30/h4-12,16H,13H2,1-3H3,(H,24,28). The molecule has 3 amide bonds. The topological polar surface area (TPSA) is 84.3 Å². The van der Waals surface area contributed by atoms with Crippen LogP contribution in [-0.2, 0) is 11.3 Å². The summed E-state index contributed by atoms with van der Waals surface area (Å²) < 4.78 is 1.84. The van der Waals surface area contributed by atoms with Crippen molar-refractivity contribution in [3.63, 3.8) is 0 Å². The van der Waals surface area contributed by atoms with Crippen LogP contribution in [0.1, 0.15) is 44.6 Å². The Hall–Kier alpha value is -3.74. The van der Waals surface area contributed by atoms with Crippen LogP contribution >= 0.6 is 0 Å². The van der Waals surface area contributed by atoms with E-state index in [1.54, 1.807) is 31.2 Å². The van der Waals surface area contributed by atoms with Crippen LogP contribution in [0, 0.1) is 13.8 Å². The van der Waals surface area contributed by atoms with Gasteiger partial charge in [-0.3, -0.25) is 19.3 Å². The molecule has 2 heterocycles. The smallest absolute Gasteiger partial charge is 0.262 e. The molecule has 2 aromatic carbocycles. The predicted octanol–water partition coefficient (Wildman–Crippen LogP) is 2.79. The molecule has 30 heavy (non-hydrogen) atoms. The Morgan fingerprint density at radius 2 is 1.53 bits per heavy atom. The third-order valence-corrected chi connectivity index (χ3v) is 5.47. The summed E-state index contributed by atoms with van der Waals surface area (Å²) in [5.74, 6) is -1.28. The van der Waals surface area contributed by atoms with Gasteiger partial charge in [-0.15, -0.1) is 0 Å². The molecule has 152 valence electrons. The summed E-state index contributed by atoms with van der Waals surface area (Å²) in [6.07, 6.45) is 0. The fourth-order valence-corrected chi connectivity index (χ4v) is 3.75. The van der Waals surface area contributed by atoms with Crippen molar-refractivity contribution in [2.24, 2.45) is 0 Å². The van der Waals surface area contributed by atoms with Crippen molar-refractivity contribution in [1.82, 2.24) is 20.0 Å². The van der Waals surface area contributed by atoms with Crippen molar-refractivity contribution in [1.29, 1.82) is 0 Å². The average molecular weight is 402 g/mol. The number of carbonyl (C=O) groups is 3. The monoisotopic (exact) mass is 402 g/mol. The van der Waals surface area contributed by atoms with E-state index in [1.807, 2.05) is 48.9 Å². The molecule has 0 bridgehead atoms. The molecule has 4 rings (SSSR count). The van der Waals surface area contributed by atoms with E-state index in [1.165, 1.54) is 0 Å². The van der Waals surface area contributed by atoms with Gasteiger partial charge in [0.1, 0.15) is 6.04 Å². The number of rotatable bonds is 5. The third-order valence-electron chi connectivity index (χ3n) is 5.47. The van der Waals surface area contributed by atoms with E-state index in [2.05, 4.69) is 10.4 Å². The number of carbonyl (C=O) groups excluding carboxylic acids is 3. The van der Waals surface area contributed by atoms with Crippen LogP contribution in [0.5, 0.6) is 0 Å². The van der Waals surface area contributed by atoms with E-state index in [9.17, 15) is 14.4 Å². The first-order chi connectivity index (χ1) is 14.4. The molecule has 0 saturated carbocycles. The summed E-state index contributed by atoms with van der Waals surface area (Å²) in [5, 5.41) is 7.43. The zero-order chi connectivity index (χ0) is 21.4. The number of para-hydroxylation sites is 1. The molecule has 7 nitrogen and oxygen atoms in total. The van der Waals surface area contributed by atoms with E-state index in [4.69, 9.17) is 0 Å². The second kappa shape index (κ2) is 7.59. The van der Waals surface area contributed by atoms with E-state index >= 15 is 0 Å². The number of aromatic nitrogens is 2. The van der Waals surface area contributed by atoms with E-state index in [-0.39, 0.29) is 6.54 Å². The molecule has 1 atom stereocenters. The fourth-order valence-electron chi connectivity index (χ4n) is 3.75. The molecule has 1 aromatic heterocycles. The second-order valence-corrected chi connectivity index (χ2v) is 7.32. The van der Waals surface area contributed by atoms with Gasteiger partial charge in [-0.2, -0.15) is 5.10 Å². The summed E-state index contributed by atoms with van der Waals surface area (Å²) in [4.78, 5) is 39.0. The first-order valence-electron chi connectivity index (χ1n) is 9.75. The molecule has 0 fully saturated rings. The first-order valence-corrected chi connectivity index (χ1v) is 9.75. The third kappa shape index (κ3) is 3.18. The molecular weight excluding hydrogens is 380 g/mol. The minimum Gasteiger partial charge on any atom is -0.350 e. The predicted molar refractivity (Wildman–Crippen MR) is 111 cm³/mol. The zero-order valence-corrected chi connectivity index (χ0v) is 17.0. The van der Waals surface area contributed by atoms with Gasteiger partial charge >= 0.3 is 0 Å². The number of hydrogen-bond donors (Lipinski definition) is 1. The molecule has 1 N–H and O–H groups in total. The largest absolute Gasteiger partial charge is 0.350 e. The minimum absolute atomic E-state index is 0.261. The lowest BCUT2D eigenvalue weighted by Gasteiger charge is -2.21. The SMILES string of the molecule is Cc1nn(-c2ccccc2)c(C)c1CNC(=O)C(C)N1C(=O)c2ccccc2C1=O. The van der Waals surface area contributed by atoms with Crippen molar-refractivity contribution in [3.05, 3.63) is 82.7 Å². The summed E-state index contributed by atoms with van der Waals surface area (Å²) in [6, 6.07) is 15.4. The van der Waals surface area contributed by atoms with Crippen molar-refractivity contribution >= 4 is 17.7 Å². The molecule has 1 aliphatic heterocycles. The van der Waals surface area contributed by atoms with Crippen LogP contribution < -0.4 is 5.32 Å². The van der Waals surface area contributed by atoms with Crippen LogP contribution in [0.15, 0.2) is 54.6 Å². The van der Waals surface area contributed by atoms with Crippen molar-refractivity contribution < 1.29 is 14.4 Å². The van der Waals surface area contributed by atoms with Crippen LogP contribution in [0.2, 0.25) is 0 Å². The van der Waals surface area contributed by atoms with E-state index in [0.717, 1.165) is 27.5 Å². The van der Waals surface area contributed by atoms with Gasteiger partial charge in [-0.1, -0.05) is 30.3 Å². The Morgan fingerprint density at radius 3 is 2.13 bits per heavy atom. The van der Waals surface area contributed by atoms with Crippen LogP contribution in [0.3, 0.4) is 0 Å². The number of aryl methyl sites for hydroxylation is 1. The van der Waals surface area contributed by atoms with Gasteiger partial charge in [-0.25, -0.2) is 4.68 Å². The van der Waals surface area contributed by atoms with Gasteiger partial charge < -0.3 is 5.32 Å². The maximum Gasteiger partial charge on any atom is 0.262 e. The lowest BCUT2D eigenvalue weighted by atomic mass is 10.1. The Labute approximate surface area is 174 Å². The van der Waals surface area contributed by atoms with Crippen molar-refractivity contribution in [3.8, 4) is 5.69 Å². The minimum atomic E-state index is -0.915. The quantitative estimate of drug-likeness (QED) is 0.665. The highest BCUT2D eigenvalue weighted by Gasteiger charge is 2.40. The van der Waals surface area contributed by atoms with Crippen molar-refractivity contribution in [2.75, 3.05) is 0 Å². The van der Waals surface area contributed by atoms with Gasteiger partial charge in [0, 0.05) is 17.8 Å². The first kappa shape index (κ1) is 19.6. The average Bonchev–Trinajstić information content (AvgIpc) is 3.19. The van der Waals surface area contributed by atoms with Gasteiger partial charge in [0.15, 0.2) is 0 Å². The van der Waals surface area contributed by atoms with Crippen molar-refractivity contribution in [2.45, 2.75) is 33.4 Å². The number of nitrogens with one attached hydrogen (secondary N) is 1. The summed E-state index contributed by atoms with van der Waals surface area (Å²) in [6.45, 7) is 5.66. The van der Waals surface area contributed by atoms with Gasteiger partial charge in [0.2, 0.25) is 5.91 Å². The number of fused-ring (bicyclic) bond motifs is 1. The lowest BCUT2D eigenvalue weighted by Crippen LogP contribution is -2.47. The Kier molecular flexibility index (Phi) is 4.95. The van der Waals surface area contributed by atoms with Crippen LogP contribution in [-0.4, -0.2) is 38.4 Å². The molecule has 0 radical (unpaired) electrons. The molecular formula is C23H22N4O3. The van der Waals surface area contributed by atoms with E-state index < -0.39 is 23.8 Å².